The molecule has 6 aliphatic rings. The van der Waals surface area contributed by atoms with Crippen LogP contribution in [0.2, 0.25) is 0 Å². The molecular weight excluding hydrogens is 614 g/mol. The van der Waals surface area contributed by atoms with Gasteiger partial charge in [0, 0.05) is 43.0 Å². The summed E-state index contributed by atoms with van der Waals surface area (Å²) in [5, 5.41) is 12.9. The number of fused-ring (bicyclic) bond motifs is 2. The van der Waals surface area contributed by atoms with Gasteiger partial charge in [-0.3, -0.25) is 14.4 Å². The molecule has 1 saturated heterocycles. The maximum Gasteiger partial charge on any atom is 0.261 e. The van der Waals surface area contributed by atoms with Crippen LogP contribution >= 0.6 is 0 Å². The van der Waals surface area contributed by atoms with Crippen LogP contribution < -0.4 is 20.4 Å². The maximum atomic E-state index is 14.5. The van der Waals surface area contributed by atoms with Gasteiger partial charge in [-0.05, 0) is 55.9 Å². The first kappa shape index (κ1) is 31.0. The van der Waals surface area contributed by atoms with Crippen molar-refractivity contribution in [3.05, 3.63) is 40.1 Å². The Balaban J connectivity index is 1.15. The molecule has 1 N–H and O–H groups in total. The highest BCUT2D eigenvalue weighted by Gasteiger charge is 2.69. The van der Waals surface area contributed by atoms with E-state index in [1.165, 1.54) is 24.4 Å². The van der Waals surface area contributed by atoms with Crippen LogP contribution in [0.4, 0.5) is 5.69 Å². The Hall–Kier alpha value is -4.33. The number of carbonyl (C=O) groups is 2. The van der Waals surface area contributed by atoms with Gasteiger partial charge in [-0.25, -0.2) is 9.97 Å². The lowest BCUT2D eigenvalue weighted by Gasteiger charge is -2.72. The first-order chi connectivity index (χ1) is 23.2. The van der Waals surface area contributed by atoms with E-state index in [0.29, 0.717) is 67.4 Å². The second-order valence-electron chi connectivity index (χ2n) is 14.5. The Morgan fingerprint density at radius 3 is 2.60 bits per heavy atom. The molecule has 9 rings (SSSR count). The average molecular weight is 658 g/mol. The van der Waals surface area contributed by atoms with Crippen molar-refractivity contribution < 1.29 is 19.1 Å². The summed E-state index contributed by atoms with van der Waals surface area (Å²) in [6, 6.07) is -0.148. The molecule has 254 valence electrons. The second kappa shape index (κ2) is 11.4. The van der Waals surface area contributed by atoms with Crippen molar-refractivity contribution in [1.29, 1.82) is 0 Å². The average Bonchev–Trinajstić information content (AvgIpc) is 3.49. The highest BCUT2D eigenvalue weighted by molar-refractivity contribution is 5.96. The van der Waals surface area contributed by atoms with Gasteiger partial charge in [0.1, 0.15) is 24.1 Å². The molecule has 4 saturated carbocycles. The lowest BCUT2D eigenvalue weighted by Crippen LogP contribution is -2.76. The number of hydrogen-bond acceptors (Lipinski definition) is 10. The minimum atomic E-state index is -0.195. The molecule has 2 aliphatic heterocycles. The number of piperazine rings is 1. The van der Waals surface area contributed by atoms with Gasteiger partial charge in [-0.15, -0.1) is 10.2 Å². The zero-order valence-electron chi connectivity index (χ0n) is 28.1. The summed E-state index contributed by atoms with van der Waals surface area (Å²) < 4.78 is 12.8. The fraction of sp³-hybridized carbons (Fsp3) is 0.618. The van der Waals surface area contributed by atoms with Gasteiger partial charge in [0.15, 0.2) is 11.2 Å². The lowest BCUT2D eigenvalue weighted by atomic mass is 9.36. The van der Waals surface area contributed by atoms with Crippen molar-refractivity contribution in [2.75, 3.05) is 38.3 Å². The summed E-state index contributed by atoms with van der Waals surface area (Å²) in [5.41, 5.74) is 3.21. The number of carbonyl (C=O) groups excluding carboxylic acids is 2. The monoisotopic (exact) mass is 657 g/mol. The van der Waals surface area contributed by atoms with Crippen LogP contribution in [-0.2, 0) is 22.5 Å². The third-order valence-corrected chi connectivity index (χ3v) is 11.6. The summed E-state index contributed by atoms with van der Waals surface area (Å²) in [5.74, 6) is 0.595. The maximum absolute atomic E-state index is 14.5. The Labute approximate surface area is 278 Å². The number of amides is 2. The molecule has 5 heterocycles. The Bertz CT molecular complexity index is 1880. The Morgan fingerprint density at radius 2 is 1.94 bits per heavy atom. The zero-order valence-corrected chi connectivity index (χ0v) is 28.1. The molecule has 14 heteroatoms. The largest absolute Gasteiger partial charge is 0.480 e. The van der Waals surface area contributed by atoms with Gasteiger partial charge in [0.25, 0.3) is 5.91 Å². The Kier molecular flexibility index (Phi) is 7.35. The molecule has 2 bridgehead atoms. The predicted molar refractivity (Wildman–Crippen MR) is 177 cm³/mol. The summed E-state index contributed by atoms with van der Waals surface area (Å²) in [4.78, 5) is 55.7. The summed E-state index contributed by atoms with van der Waals surface area (Å²) in [6.07, 6.45) is 10.6. The van der Waals surface area contributed by atoms with Crippen LogP contribution in [0.1, 0.15) is 75.3 Å². The summed E-state index contributed by atoms with van der Waals surface area (Å²) >= 11 is 0. The molecule has 2 atom stereocenters. The molecule has 3 aromatic heterocycles. The zero-order chi connectivity index (χ0) is 33.4. The molecule has 2 amide bonds. The minimum Gasteiger partial charge on any atom is -0.480 e. The van der Waals surface area contributed by atoms with E-state index < -0.39 is 0 Å². The SMILES string of the molecule is CCc1c(N2CCN(C(=O)c3cncnc3OC)[C@H]3CC[C@@H]32)c(=O)c2nn(C3=CCOCC3)nc2n1CC(=O)NC12CC(C(C)C)(C1)C2. The van der Waals surface area contributed by atoms with Gasteiger partial charge in [-0.2, -0.15) is 4.80 Å². The number of nitrogens with one attached hydrogen (secondary N) is 1. The van der Waals surface area contributed by atoms with Crippen LogP contribution in [0.25, 0.3) is 16.9 Å². The van der Waals surface area contributed by atoms with E-state index in [4.69, 9.17) is 19.7 Å². The first-order valence-electron chi connectivity index (χ1n) is 17.2. The van der Waals surface area contributed by atoms with Crippen LogP contribution in [0.3, 0.4) is 0 Å². The highest BCUT2D eigenvalue weighted by atomic mass is 16.5. The molecule has 0 unspecified atom stereocenters. The van der Waals surface area contributed by atoms with Crippen molar-refractivity contribution >= 4 is 34.4 Å². The van der Waals surface area contributed by atoms with Crippen molar-refractivity contribution in [2.24, 2.45) is 11.3 Å². The van der Waals surface area contributed by atoms with E-state index in [1.807, 2.05) is 22.5 Å². The molecule has 0 aromatic carbocycles. The molecule has 3 aromatic rings. The highest BCUT2D eigenvalue weighted by Crippen LogP contribution is 2.70. The van der Waals surface area contributed by atoms with E-state index in [1.54, 1.807) is 0 Å². The number of aromatic nitrogens is 6. The Morgan fingerprint density at radius 1 is 1.15 bits per heavy atom. The van der Waals surface area contributed by atoms with Crippen LogP contribution in [-0.4, -0.2) is 97.3 Å². The first-order valence-corrected chi connectivity index (χ1v) is 17.2. The predicted octanol–water partition coefficient (Wildman–Crippen LogP) is 2.40. The number of nitrogens with zero attached hydrogens (tertiary/aromatic N) is 8. The van der Waals surface area contributed by atoms with Crippen molar-refractivity contribution in [2.45, 2.75) is 89.9 Å². The van der Waals surface area contributed by atoms with Gasteiger partial charge in [0.05, 0.1) is 32.1 Å². The summed E-state index contributed by atoms with van der Waals surface area (Å²) in [7, 11) is 1.49. The van der Waals surface area contributed by atoms with Crippen LogP contribution in [0.15, 0.2) is 23.4 Å². The van der Waals surface area contributed by atoms with Crippen molar-refractivity contribution in [3.63, 3.8) is 0 Å². The molecule has 48 heavy (non-hydrogen) atoms. The third kappa shape index (κ3) is 4.66. The molecular formula is C34H43N9O5. The van der Waals surface area contributed by atoms with E-state index >= 15 is 0 Å². The fourth-order valence-electron chi connectivity index (χ4n) is 8.92. The van der Waals surface area contributed by atoms with E-state index in [0.717, 1.165) is 43.5 Å². The van der Waals surface area contributed by atoms with Crippen molar-refractivity contribution in [1.82, 2.24) is 39.7 Å². The number of hydrogen-bond donors (Lipinski definition) is 1. The quantitative estimate of drug-likeness (QED) is 0.364. The molecule has 0 radical (unpaired) electrons. The second-order valence-corrected chi connectivity index (χ2v) is 14.5. The normalized spacial score (nSPS) is 27.5. The smallest absolute Gasteiger partial charge is 0.261 e. The number of ether oxygens (including phenoxy) is 2. The number of anilines is 1. The van der Waals surface area contributed by atoms with E-state index in [9.17, 15) is 14.4 Å². The van der Waals surface area contributed by atoms with Crippen LogP contribution in [0.5, 0.6) is 5.88 Å². The lowest BCUT2D eigenvalue weighted by molar-refractivity contribution is -0.187. The topological polar surface area (TPSA) is 150 Å². The van der Waals surface area contributed by atoms with Crippen LogP contribution in [0, 0.1) is 11.3 Å². The fourth-order valence-corrected chi connectivity index (χ4v) is 8.92. The molecule has 5 fully saturated rings. The van der Waals surface area contributed by atoms with E-state index in [-0.39, 0.29) is 52.8 Å². The third-order valence-electron chi connectivity index (χ3n) is 11.6. The van der Waals surface area contributed by atoms with Gasteiger partial charge in [-0.1, -0.05) is 20.8 Å². The number of pyridine rings is 1. The standard InChI is InChI=1S/C34H43N9O5/c1-5-23-28(40-10-11-41(25-7-6-24(25)40)32(46)22-14-35-19-36-31(22)47-4)29(45)27-30(39-43(38-27)21-8-12-48-13-9-21)42(23)15-26(44)37-34-16-33(17-34,18-34)20(2)3/h8,14,19-20,24-25H,5-7,9-13,15-18H2,1-4H3,(H,37,44)/t24-,25-,33?,34?/m0/s1. The molecule has 14 nitrogen and oxygen atoms in total. The molecule has 4 aliphatic carbocycles. The van der Waals surface area contributed by atoms with E-state index in [2.05, 4.69) is 34.0 Å². The van der Waals surface area contributed by atoms with Gasteiger partial charge >= 0.3 is 0 Å². The summed E-state index contributed by atoms with van der Waals surface area (Å²) in [6.45, 7) is 8.47. The number of rotatable bonds is 9. The number of methoxy groups -OCH3 is 1. The minimum absolute atomic E-state index is 0.0462. The van der Waals surface area contributed by atoms with Gasteiger partial charge < -0.3 is 29.2 Å². The molecule has 0 spiro atoms. The van der Waals surface area contributed by atoms with Crippen molar-refractivity contribution in [3.8, 4) is 5.88 Å². The van der Waals surface area contributed by atoms with Gasteiger partial charge in [0.2, 0.25) is 17.2 Å².